The Labute approximate surface area is 121 Å². The molecule has 0 saturated carbocycles. The van der Waals surface area contributed by atoms with E-state index in [0.29, 0.717) is 17.9 Å². The van der Waals surface area contributed by atoms with Gasteiger partial charge in [-0.05, 0) is 44.4 Å². The second-order valence-corrected chi connectivity index (χ2v) is 4.99. The summed E-state index contributed by atoms with van der Waals surface area (Å²) < 4.78 is 5.03. The van der Waals surface area contributed by atoms with Crippen LogP contribution in [0.1, 0.15) is 57.3 Å². The second-order valence-electron chi connectivity index (χ2n) is 4.99. The number of anilines is 2. The van der Waals surface area contributed by atoms with Crippen LogP contribution in [0.3, 0.4) is 0 Å². The molecule has 0 aromatic heterocycles. The monoisotopic (exact) mass is 278 g/mol. The Morgan fingerprint density at radius 2 is 1.80 bits per heavy atom. The number of hydrogen-bond acceptors (Lipinski definition) is 4. The summed E-state index contributed by atoms with van der Waals surface area (Å²) in [6.45, 7) is 8.64. The molecule has 0 aliphatic rings. The van der Waals surface area contributed by atoms with E-state index in [1.165, 1.54) is 0 Å². The van der Waals surface area contributed by atoms with Gasteiger partial charge >= 0.3 is 5.97 Å². The lowest BCUT2D eigenvalue weighted by atomic mass is 9.89. The topological polar surface area (TPSA) is 64.3 Å². The molecule has 0 spiro atoms. The minimum atomic E-state index is -0.372. The summed E-state index contributed by atoms with van der Waals surface area (Å²) in [7, 11) is 0. The van der Waals surface area contributed by atoms with Crippen LogP contribution in [0.15, 0.2) is 18.2 Å². The number of benzene rings is 1. The first-order valence-corrected chi connectivity index (χ1v) is 7.36. The lowest BCUT2D eigenvalue weighted by Crippen LogP contribution is -2.36. The summed E-state index contributed by atoms with van der Waals surface area (Å²) in [6.07, 6.45) is 3.08. The zero-order valence-corrected chi connectivity index (χ0v) is 13.0. The summed E-state index contributed by atoms with van der Waals surface area (Å²) in [4.78, 5) is 11.9. The van der Waals surface area contributed by atoms with E-state index in [-0.39, 0.29) is 11.5 Å². The van der Waals surface area contributed by atoms with Gasteiger partial charge in [0.25, 0.3) is 0 Å². The molecule has 0 saturated heterocycles. The van der Waals surface area contributed by atoms with Crippen LogP contribution in [0, 0.1) is 0 Å². The van der Waals surface area contributed by atoms with Crippen molar-refractivity contribution in [1.29, 1.82) is 0 Å². The summed E-state index contributed by atoms with van der Waals surface area (Å²) in [5.74, 6) is -0.372. The predicted octanol–water partition coefficient (Wildman–Crippen LogP) is 3.83. The molecule has 112 valence electrons. The highest BCUT2D eigenvalue weighted by atomic mass is 16.5. The predicted molar refractivity (Wildman–Crippen MR) is 84.0 cm³/mol. The molecule has 0 radical (unpaired) electrons. The molecule has 0 aliphatic heterocycles. The third-order valence-corrected chi connectivity index (χ3v) is 3.99. The summed E-state index contributed by atoms with van der Waals surface area (Å²) in [5.41, 5.74) is 7.69. The number of nitrogens with one attached hydrogen (secondary N) is 1. The minimum absolute atomic E-state index is 0.0576. The number of esters is 1. The maximum Gasteiger partial charge on any atom is 0.340 e. The fraction of sp³-hybridized carbons (Fsp3) is 0.562. The van der Waals surface area contributed by atoms with E-state index in [2.05, 4.69) is 26.1 Å². The molecule has 0 amide bonds. The number of nitrogens with two attached hydrogens (primary N) is 1. The van der Waals surface area contributed by atoms with Crippen LogP contribution in [0.25, 0.3) is 0 Å². The lowest BCUT2D eigenvalue weighted by Gasteiger charge is -2.33. The first-order chi connectivity index (χ1) is 9.51. The Hall–Kier alpha value is -1.71. The molecule has 4 heteroatoms. The van der Waals surface area contributed by atoms with Gasteiger partial charge in [-0.1, -0.05) is 20.8 Å². The van der Waals surface area contributed by atoms with Crippen molar-refractivity contribution in [3.05, 3.63) is 23.8 Å². The maximum atomic E-state index is 11.9. The highest BCUT2D eigenvalue weighted by Crippen LogP contribution is 2.27. The molecular weight excluding hydrogens is 252 g/mol. The van der Waals surface area contributed by atoms with E-state index in [1.807, 2.05) is 6.07 Å². The molecule has 0 aliphatic carbocycles. The van der Waals surface area contributed by atoms with E-state index in [0.717, 1.165) is 24.9 Å². The van der Waals surface area contributed by atoms with Crippen molar-refractivity contribution in [1.82, 2.24) is 0 Å². The molecule has 0 fully saturated rings. The van der Waals surface area contributed by atoms with Gasteiger partial charge < -0.3 is 15.8 Å². The molecule has 0 heterocycles. The first kappa shape index (κ1) is 16.3. The molecule has 20 heavy (non-hydrogen) atoms. The molecule has 1 aromatic rings. The van der Waals surface area contributed by atoms with Crippen LogP contribution in [-0.4, -0.2) is 18.1 Å². The number of ether oxygens (including phenoxy) is 1. The number of rotatable bonds is 7. The molecule has 1 rings (SSSR count). The van der Waals surface area contributed by atoms with Crippen LogP contribution in [0.5, 0.6) is 0 Å². The summed E-state index contributed by atoms with van der Waals surface area (Å²) >= 11 is 0. The lowest BCUT2D eigenvalue weighted by molar-refractivity contribution is 0.0527. The van der Waals surface area contributed by atoms with Gasteiger partial charge in [0, 0.05) is 16.9 Å². The van der Waals surface area contributed by atoms with Crippen molar-refractivity contribution >= 4 is 17.3 Å². The summed E-state index contributed by atoms with van der Waals surface area (Å²) in [6, 6.07) is 5.44. The zero-order valence-electron chi connectivity index (χ0n) is 13.0. The van der Waals surface area contributed by atoms with Crippen LogP contribution >= 0.6 is 0 Å². The van der Waals surface area contributed by atoms with Crippen molar-refractivity contribution in [3.8, 4) is 0 Å². The average molecular weight is 278 g/mol. The minimum Gasteiger partial charge on any atom is -0.462 e. The van der Waals surface area contributed by atoms with Crippen molar-refractivity contribution in [2.24, 2.45) is 0 Å². The van der Waals surface area contributed by atoms with Crippen LogP contribution < -0.4 is 11.1 Å². The second kappa shape index (κ2) is 7.17. The Bertz CT molecular complexity index is 446. The molecule has 4 nitrogen and oxygen atoms in total. The van der Waals surface area contributed by atoms with Crippen molar-refractivity contribution in [3.63, 3.8) is 0 Å². The molecule has 1 aromatic carbocycles. The SMILES string of the molecule is CCOC(=O)c1cc(NC(CC)(CC)CC)ccc1N. The van der Waals surface area contributed by atoms with Gasteiger partial charge in [0.1, 0.15) is 0 Å². The summed E-state index contributed by atoms with van der Waals surface area (Å²) in [5, 5.41) is 3.54. The van der Waals surface area contributed by atoms with Crippen LogP contribution in [-0.2, 0) is 4.74 Å². The van der Waals surface area contributed by atoms with Gasteiger partial charge in [-0.15, -0.1) is 0 Å². The zero-order chi connectivity index (χ0) is 15.2. The van der Waals surface area contributed by atoms with E-state index in [9.17, 15) is 4.79 Å². The Balaban J connectivity index is 3.03. The highest BCUT2D eigenvalue weighted by Gasteiger charge is 2.24. The number of carbonyl (C=O) groups is 1. The van der Waals surface area contributed by atoms with Gasteiger partial charge in [-0.3, -0.25) is 0 Å². The molecule has 3 N–H and O–H groups in total. The molecule has 0 unspecified atom stereocenters. The normalized spacial score (nSPS) is 11.2. The Morgan fingerprint density at radius 1 is 1.20 bits per heavy atom. The standard InChI is InChI=1S/C16H26N2O2/c1-5-16(6-2,7-3)18-12-9-10-14(17)13(11-12)15(19)20-8-4/h9-11,18H,5-8,17H2,1-4H3. The molecule has 0 atom stereocenters. The van der Waals surface area contributed by atoms with E-state index >= 15 is 0 Å². The van der Waals surface area contributed by atoms with Gasteiger partial charge in [0.05, 0.1) is 12.2 Å². The van der Waals surface area contributed by atoms with Gasteiger partial charge in [0.2, 0.25) is 0 Å². The molecular formula is C16H26N2O2. The smallest absolute Gasteiger partial charge is 0.340 e. The van der Waals surface area contributed by atoms with Crippen molar-refractivity contribution in [2.75, 3.05) is 17.7 Å². The largest absolute Gasteiger partial charge is 0.462 e. The molecule has 0 bridgehead atoms. The Morgan fingerprint density at radius 3 is 2.30 bits per heavy atom. The van der Waals surface area contributed by atoms with E-state index in [4.69, 9.17) is 10.5 Å². The number of nitrogen functional groups attached to an aromatic ring is 1. The fourth-order valence-electron chi connectivity index (χ4n) is 2.34. The van der Waals surface area contributed by atoms with Crippen LogP contribution in [0.2, 0.25) is 0 Å². The van der Waals surface area contributed by atoms with Crippen LogP contribution in [0.4, 0.5) is 11.4 Å². The third kappa shape index (κ3) is 3.65. The van der Waals surface area contributed by atoms with Crippen molar-refractivity contribution in [2.45, 2.75) is 52.5 Å². The maximum absolute atomic E-state index is 11.9. The van der Waals surface area contributed by atoms with Gasteiger partial charge in [-0.2, -0.15) is 0 Å². The van der Waals surface area contributed by atoms with E-state index in [1.54, 1.807) is 19.1 Å². The highest BCUT2D eigenvalue weighted by molar-refractivity contribution is 5.96. The number of carbonyl (C=O) groups excluding carboxylic acids is 1. The fourth-order valence-corrected chi connectivity index (χ4v) is 2.34. The number of hydrogen-bond donors (Lipinski definition) is 2. The van der Waals surface area contributed by atoms with Gasteiger partial charge in [0.15, 0.2) is 0 Å². The van der Waals surface area contributed by atoms with Gasteiger partial charge in [-0.25, -0.2) is 4.79 Å². The first-order valence-electron chi connectivity index (χ1n) is 7.36. The van der Waals surface area contributed by atoms with E-state index < -0.39 is 0 Å². The third-order valence-electron chi connectivity index (χ3n) is 3.99. The quantitative estimate of drug-likeness (QED) is 0.587. The Kier molecular flexibility index (Phi) is 5.86. The average Bonchev–Trinajstić information content (AvgIpc) is 2.47. The van der Waals surface area contributed by atoms with Crippen molar-refractivity contribution < 1.29 is 9.53 Å².